The SMILES string of the molecule is NC(=O)NNC(=O)c1cccc2cccnc12. The first-order valence-corrected chi connectivity index (χ1v) is 4.88. The zero-order valence-electron chi connectivity index (χ0n) is 8.81. The Morgan fingerprint density at radius 1 is 1.12 bits per heavy atom. The Hall–Kier alpha value is -2.63. The van der Waals surface area contributed by atoms with Gasteiger partial charge in [-0.05, 0) is 12.1 Å². The molecule has 2 rings (SSSR count). The van der Waals surface area contributed by atoms with Crippen LogP contribution in [0.4, 0.5) is 4.79 Å². The van der Waals surface area contributed by atoms with Crippen LogP contribution in [0.15, 0.2) is 36.5 Å². The van der Waals surface area contributed by atoms with E-state index in [1.54, 1.807) is 24.4 Å². The number of nitrogens with two attached hydrogens (primary N) is 1. The van der Waals surface area contributed by atoms with Gasteiger partial charge < -0.3 is 5.73 Å². The Morgan fingerprint density at radius 2 is 1.88 bits per heavy atom. The van der Waals surface area contributed by atoms with Gasteiger partial charge in [-0.15, -0.1) is 0 Å². The van der Waals surface area contributed by atoms with Crippen molar-refractivity contribution in [2.24, 2.45) is 5.73 Å². The van der Waals surface area contributed by atoms with Crippen molar-refractivity contribution in [2.45, 2.75) is 0 Å². The zero-order valence-corrected chi connectivity index (χ0v) is 8.81. The van der Waals surface area contributed by atoms with Crippen LogP contribution < -0.4 is 16.6 Å². The van der Waals surface area contributed by atoms with E-state index in [-0.39, 0.29) is 0 Å². The molecule has 6 nitrogen and oxygen atoms in total. The van der Waals surface area contributed by atoms with Crippen molar-refractivity contribution in [1.29, 1.82) is 0 Å². The number of para-hydroxylation sites is 1. The van der Waals surface area contributed by atoms with Gasteiger partial charge in [0.05, 0.1) is 11.1 Å². The van der Waals surface area contributed by atoms with Crippen LogP contribution in [0.3, 0.4) is 0 Å². The predicted molar refractivity (Wildman–Crippen MR) is 61.9 cm³/mol. The summed E-state index contributed by atoms with van der Waals surface area (Å²) in [5.41, 5.74) is 10.00. The molecule has 1 aromatic heterocycles. The quantitative estimate of drug-likeness (QED) is 0.624. The largest absolute Gasteiger partial charge is 0.350 e. The number of rotatable bonds is 1. The van der Waals surface area contributed by atoms with Gasteiger partial charge >= 0.3 is 6.03 Å². The lowest BCUT2D eigenvalue weighted by Gasteiger charge is -2.06. The van der Waals surface area contributed by atoms with E-state index in [0.29, 0.717) is 11.1 Å². The molecule has 0 unspecified atom stereocenters. The topological polar surface area (TPSA) is 97.1 Å². The van der Waals surface area contributed by atoms with E-state index >= 15 is 0 Å². The minimum atomic E-state index is -0.827. The van der Waals surface area contributed by atoms with Crippen LogP contribution in [0, 0.1) is 0 Å². The number of hydrazine groups is 1. The normalized spacial score (nSPS) is 9.88. The number of nitrogens with zero attached hydrogens (tertiary/aromatic N) is 1. The number of pyridine rings is 1. The van der Waals surface area contributed by atoms with E-state index in [9.17, 15) is 9.59 Å². The second-order valence-corrected chi connectivity index (χ2v) is 3.32. The van der Waals surface area contributed by atoms with Crippen molar-refractivity contribution in [2.75, 3.05) is 0 Å². The average Bonchev–Trinajstić information content (AvgIpc) is 2.35. The number of carbonyl (C=O) groups is 2. The number of hydrogen-bond donors (Lipinski definition) is 3. The summed E-state index contributed by atoms with van der Waals surface area (Å²) in [6, 6.07) is 8.01. The summed E-state index contributed by atoms with van der Waals surface area (Å²) < 4.78 is 0. The predicted octanol–water partition coefficient (Wildman–Crippen LogP) is 0.548. The lowest BCUT2D eigenvalue weighted by molar-refractivity contribution is 0.0939. The van der Waals surface area contributed by atoms with Gasteiger partial charge in [0, 0.05) is 11.6 Å². The van der Waals surface area contributed by atoms with Gasteiger partial charge in [0.2, 0.25) is 0 Å². The summed E-state index contributed by atoms with van der Waals surface area (Å²) in [6.07, 6.45) is 1.60. The van der Waals surface area contributed by atoms with Gasteiger partial charge in [0.15, 0.2) is 0 Å². The van der Waals surface area contributed by atoms with Gasteiger partial charge in [0.25, 0.3) is 5.91 Å². The number of nitrogens with one attached hydrogen (secondary N) is 2. The first-order valence-electron chi connectivity index (χ1n) is 4.88. The van der Waals surface area contributed by atoms with Gasteiger partial charge in [-0.3, -0.25) is 15.2 Å². The van der Waals surface area contributed by atoms with Crippen molar-refractivity contribution in [3.63, 3.8) is 0 Å². The van der Waals surface area contributed by atoms with Crippen LogP contribution in [-0.2, 0) is 0 Å². The van der Waals surface area contributed by atoms with Crippen molar-refractivity contribution >= 4 is 22.8 Å². The highest BCUT2D eigenvalue weighted by atomic mass is 16.2. The lowest BCUT2D eigenvalue weighted by atomic mass is 10.1. The second kappa shape index (κ2) is 4.48. The summed E-state index contributed by atoms with van der Waals surface area (Å²) in [4.78, 5) is 26.3. The molecule has 4 N–H and O–H groups in total. The molecule has 0 bridgehead atoms. The first kappa shape index (κ1) is 10.9. The Labute approximate surface area is 96.8 Å². The zero-order chi connectivity index (χ0) is 12.3. The molecular formula is C11H10N4O2. The molecule has 0 radical (unpaired) electrons. The van der Waals surface area contributed by atoms with Gasteiger partial charge in [-0.2, -0.15) is 0 Å². The minimum absolute atomic E-state index is 0.372. The third-order valence-corrected chi connectivity index (χ3v) is 2.18. The monoisotopic (exact) mass is 230 g/mol. The van der Waals surface area contributed by atoms with E-state index in [0.717, 1.165) is 5.39 Å². The molecule has 0 fully saturated rings. The van der Waals surface area contributed by atoms with Crippen molar-refractivity contribution in [1.82, 2.24) is 15.8 Å². The van der Waals surface area contributed by atoms with Crippen molar-refractivity contribution in [3.05, 3.63) is 42.1 Å². The molecule has 6 heteroatoms. The molecule has 1 heterocycles. The summed E-state index contributed by atoms with van der Waals surface area (Å²) in [5, 5.41) is 0.847. The molecule has 3 amide bonds. The number of benzene rings is 1. The Morgan fingerprint density at radius 3 is 2.65 bits per heavy atom. The summed E-state index contributed by atoms with van der Waals surface area (Å²) >= 11 is 0. The number of aromatic nitrogens is 1. The van der Waals surface area contributed by atoms with Crippen LogP contribution in [-0.4, -0.2) is 16.9 Å². The fraction of sp³-hybridized carbons (Fsp3) is 0. The van der Waals surface area contributed by atoms with Crippen LogP contribution in [0.5, 0.6) is 0 Å². The molecule has 0 aliphatic rings. The minimum Gasteiger partial charge on any atom is -0.350 e. The number of amides is 3. The van der Waals surface area contributed by atoms with E-state index in [4.69, 9.17) is 5.73 Å². The smallest absolute Gasteiger partial charge is 0.330 e. The fourth-order valence-electron chi connectivity index (χ4n) is 1.47. The van der Waals surface area contributed by atoms with Crippen LogP contribution in [0.2, 0.25) is 0 Å². The van der Waals surface area contributed by atoms with Crippen LogP contribution in [0.25, 0.3) is 10.9 Å². The molecule has 0 saturated heterocycles. The summed E-state index contributed by atoms with van der Waals surface area (Å²) in [6.45, 7) is 0. The highest BCUT2D eigenvalue weighted by Gasteiger charge is 2.10. The maximum Gasteiger partial charge on any atom is 0.330 e. The summed E-state index contributed by atoms with van der Waals surface area (Å²) in [7, 11) is 0. The maximum absolute atomic E-state index is 11.7. The molecule has 2 aromatic rings. The average molecular weight is 230 g/mol. The highest BCUT2D eigenvalue weighted by molar-refractivity contribution is 6.05. The number of fused-ring (bicyclic) bond motifs is 1. The second-order valence-electron chi connectivity index (χ2n) is 3.32. The fourth-order valence-corrected chi connectivity index (χ4v) is 1.47. The third kappa shape index (κ3) is 2.31. The maximum atomic E-state index is 11.7. The van der Waals surface area contributed by atoms with Gasteiger partial charge in [-0.1, -0.05) is 18.2 Å². The standard InChI is InChI=1S/C11H10N4O2/c12-11(17)15-14-10(16)8-5-1-3-7-4-2-6-13-9(7)8/h1-6H,(H,14,16)(H3,12,15,17). The lowest BCUT2D eigenvalue weighted by Crippen LogP contribution is -2.44. The van der Waals surface area contributed by atoms with E-state index in [1.807, 2.05) is 17.6 Å². The Balaban J connectivity index is 2.35. The van der Waals surface area contributed by atoms with Gasteiger partial charge in [-0.25, -0.2) is 10.2 Å². The Kier molecular flexibility index (Phi) is 2.87. The molecule has 86 valence electrons. The van der Waals surface area contributed by atoms with Crippen LogP contribution in [0.1, 0.15) is 10.4 Å². The molecule has 0 atom stereocenters. The number of carbonyl (C=O) groups excluding carboxylic acids is 2. The molecular weight excluding hydrogens is 220 g/mol. The van der Waals surface area contributed by atoms with E-state index < -0.39 is 11.9 Å². The number of primary amides is 1. The molecule has 0 saturated carbocycles. The first-order chi connectivity index (χ1) is 8.18. The van der Waals surface area contributed by atoms with Crippen molar-refractivity contribution in [3.8, 4) is 0 Å². The number of urea groups is 1. The molecule has 1 aromatic carbocycles. The number of hydrogen-bond acceptors (Lipinski definition) is 3. The molecule has 0 spiro atoms. The molecule has 0 aliphatic heterocycles. The molecule has 0 aliphatic carbocycles. The molecule has 17 heavy (non-hydrogen) atoms. The van der Waals surface area contributed by atoms with Crippen LogP contribution >= 0.6 is 0 Å². The third-order valence-electron chi connectivity index (χ3n) is 2.18. The highest BCUT2D eigenvalue weighted by Crippen LogP contribution is 2.15. The van der Waals surface area contributed by atoms with Gasteiger partial charge in [0.1, 0.15) is 0 Å². The van der Waals surface area contributed by atoms with E-state index in [1.165, 1.54) is 0 Å². The Bertz CT molecular complexity index is 577. The van der Waals surface area contributed by atoms with Crippen molar-refractivity contribution < 1.29 is 9.59 Å². The summed E-state index contributed by atoms with van der Waals surface area (Å²) in [5.74, 6) is -0.465. The van der Waals surface area contributed by atoms with E-state index in [2.05, 4.69) is 10.4 Å².